The molecule has 0 aliphatic carbocycles. The predicted molar refractivity (Wildman–Crippen MR) is 301 cm³/mol. The lowest BCUT2D eigenvalue weighted by Gasteiger charge is -2.29. The van der Waals surface area contributed by atoms with Crippen LogP contribution in [0.2, 0.25) is 5.02 Å². The average molecular weight is 1150 g/mol. The van der Waals surface area contributed by atoms with E-state index in [0.717, 1.165) is 21.6 Å². The standard InChI is InChI=1S/C54H68ClN11O11S2/c1-29(2)45-54(77)65-44(52(75)61-40(47(59)70)24-32-10-18-36(67)19-11-32)28-79-78-27-43(64-48(71)38(57)23-30-8-16-35(55)17-9-30)53(76)63-42(26-33-12-20-37(68)21-13-33)51(74)62-41(25-31-6-14-34(15-7-31)46(58)69)50(73)60-39(49(72)66-45)5-3-4-22-56/h6-21,29,38-45,67-68H,3-5,22-28,56-57H2,1-2H3,(H2,58,69)(H2,59,70)(H,60,73)(H,61,75)(H,62,74)(H,63,76)(H,64,71)(H,65,77)(H,66,72)/t38-,39-,40+,41+,42-,43+,44-,45?/m0/s1. The fourth-order valence-electron chi connectivity index (χ4n) is 8.16. The van der Waals surface area contributed by atoms with Gasteiger partial charge in [-0.1, -0.05) is 95.6 Å². The van der Waals surface area contributed by atoms with E-state index in [4.69, 9.17) is 34.5 Å². The molecule has 22 nitrogen and oxygen atoms in total. The summed E-state index contributed by atoms with van der Waals surface area (Å²) in [4.78, 5) is 126. The number of rotatable bonds is 19. The number of phenols is 2. The molecule has 0 saturated carbocycles. The van der Waals surface area contributed by atoms with Crippen LogP contribution in [0.3, 0.4) is 0 Å². The maximum Gasteiger partial charge on any atom is 0.248 e. The quantitative estimate of drug-likeness (QED) is 0.0449. The first kappa shape index (κ1) is 62.5. The lowest BCUT2D eigenvalue weighted by atomic mass is 9.99. The Morgan fingerprint density at radius 1 is 0.633 bits per heavy atom. The second-order valence-electron chi connectivity index (χ2n) is 19.3. The Bertz CT molecular complexity index is 2760. The van der Waals surface area contributed by atoms with Crippen molar-refractivity contribution in [3.63, 3.8) is 0 Å². The van der Waals surface area contributed by atoms with Gasteiger partial charge in [0.25, 0.3) is 0 Å². The summed E-state index contributed by atoms with van der Waals surface area (Å²) in [6, 6.07) is 13.4. The Morgan fingerprint density at radius 3 is 1.67 bits per heavy atom. The number of phenolic OH excluding ortho intramolecular Hbond substituents is 2. The number of nitrogens with two attached hydrogens (primary N) is 4. The smallest absolute Gasteiger partial charge is 0.248 e. The lowest BCUT2D eigenvalue weighted by molar-refractivity contribution is -0.136. The number of carbonyl (C=O) groups is 9. The topological polar surface area (TPSA) is 382 Å². The Kier molecular flexibility index (Phi) is 24.3. The Hall–Kier alpha value is -7.38. The maximum absolute atomic E-state index is 14.7. The summed E-state index contributed by atoms with van der Waals surface area (Å²) in [6.07, 6.45) is 0.356. The van der Waals surface area contributed by atoms with Crippen molar-refractivity contribution in [1.29, 1.82) is 0 Å². The molecule has 424 valence electrons. The van der Waals surface area contributed by atoms with Gasteiger partial charge in [0.2, 0.25) is 53.2 Å². The van der Waals surface area contributed by atoms with Crippen LogP contribution in [0.4, 0.5) is 0 Å². The van der Waals surface area contributed by atoms with Gasteiger partial charge in [-0.05, 0) is 109 Å². The molecule has 1 fully saturated rings. The Morgan fingerprint density at radius 2 is 1.13 bits per heavy atom. The molecule has 0 radical (unpaired) electrons. The van der Waals surface area contributed by atoms with Gasteiger partial charge in [-0.15, -0.1) is 0 Å². The summed E-state index contributed by atoms with van der Waals surface area (Å²) in [5.41, 5.74) is 25.7. The number of hydrogen-bond acceptors (Lipinski definition) is 15. The fourth-order valence-corrected chi connectivity index (χ4v) is 10.6. The minimum absolute atomic E-state index is 0.0274. The van der Waals surface area contributed by atoms with Crippen molar-refractivity contribution < 1.29 is 53.4 Å². The fraction of sp³-hybridized carbons (Fsp3) is 0.389. The average Bonchev–Trinajstić information content (AvgIpc) is 3.41. The predicted octanol–water partition coefficient (Wildman–Crippen LogP) is 0.507. The van der Waals surface area contributed by atoms with Crippen LogP contribution in [0.15, 0.2) is 97.1 Å². The first-order valence-corrected chi connectivity index (χ1v) is 28.3. The van der Waals surface area contributed by atoms with E-state index in [2.05, 4.69) is 37.2 Å². The molecule has 4 aromatic rings. The molecule has 25 heteroatoms. The number of carbonyl (C=O) groups excluding carboxylic acids is 9. The van der Waals surface area contributed by atoms with Crippen molar-refractivity contribution in [3.05, 3.63) is 130 Å². The van der Waals surface area contributed by atoms with Gasteiger partial charge in [-0.2, -0.15) is 0 Å². The van der Waals surface area contributed by atoms with Crippen LogP contribution < -0.4 is 60.2 Å². The molecule has 4 aromatic carbocycles. The molecule has 1 aliphatic rings. The maximum atomic E-state index is 14.7. The molecule has 17 N–H and O–H groups in total. The van der Waals surface area contributed by atoms with Gasteiger partial charge >= 0.3 is 0 Å². The number of hydrogen-bond donors (Lipinski definition) is 13. The molecule has 5 rings (SSSR count). The third-order valence-electron chi connectivity index (χ3n) is 12.7. The first-order chi connectivity index (χ1) is 37.6. The van der Waals surface area contributed by atoms with Crippen LogP contribution in [0, 0.1) is 5.92 Å². The van der Waals surface area contributed by atoms with Crippen LogP contribution >= 0.6 is 33.2 Å². The lowest BCUT2D eigenvalue weighted by Crippen LogP contribution is -2.61. The van der Waals surface area contributed by atoms with Crippen molar-refractivity contribution in [2.45, 2.75) is 107 Å². The van der Waals surface area contributed by atoms with Crippen molar-refractivity contribution >= 4 is 86.4 Å². The molecule has 0 bridgehead atoms. The highest BCUT2D eigenvalue weighted by Crippen LogP contribution is 2.25. The SMILES string of the molecule is CC(C)C1NC(=O)[C@H](CCCCN)NC(=O)[C@@H](Cc2ccc(C(N)=O)cc2)NC(=O)[C@H](Cc2ccc(O)cc2)NC(=O)[C@H](NC(=O)[C@@H](N)Cc2ccc(Cl)cc2)CSSC[C@@H](C(=O)N[C@H](Cc2ccc(O)cc2)C(N)=O)NC1=O. The second kappa shape index (κ2) is 30.7. The van der Waals surface area contributed by atoms with E-state index in [1.54, 1.807) is 38.1 Å². The molecular formula is C54H68ClN11O11S2. The largest absolute Gasteiger partial charge is 0.508 e. The van der Waals surface area contributed by atoms with Crippen LogP contribution in [-0.4, -0.2) is 130 Å². The minimum Gasteiger partial charge on any atom is -0.508 e. The zero-order chi connectivity index (χ0) is 57.8. The summed E-state index contributed by atoms with van der Waals surface area (Å²) in [7, 11) is 2.01. The number of benzene rings is 4. The van der Waals surface area contributed by atoms with Crippen molar-refractivity contribution in [3.8, 4) is 11.5 Å². The third-order valence-corrected chi connectivity index (χ3v) is 15.4. The zero-order valence-electron chi connectivity index (χ0n) is 43.6. The Balaban J connectivity index is 1.57. The van der Waals surface area contributed by atoms with Gasteiger partial charge in [0.15, 0.2) is 0 Å². The highest BCUT2D eigenvalue weighted by atomic mass is 35.5. The number of halogens is 1. The molecule has 0 spiro atoms. The summed E-state index contributed by atoms with van der Waals surface area (Å²) in [6.45, 7) is 3.55. The van der Waals surface area contributed by atoms with E-state index in [0.29, 0.717) is 40.1 Å². The molecule has 1 unspecified atom stereocenters. The van der Waals surface area contributed by atoms with E-state index in [1.807, 2.05) is 0 Å². The first-order valence-electron chi connectivity index (χ1n) is 25.4. The van der Waals surface area contributed by atoms with Crippen LogP contribution in [-0.2, 0) is 64.0 Å². The summed E-state index contributed by atoms with van der Waals surface area (Å²) in [5.74, 6) is -8.56. The molecule has 1 aliphatic heterocycles. The molecule has 0 aromatic heterocycles. The number of amides is 9. The molecule has 79 heavy (non-hydrogen) atoms. The summed E-state index contributed by atoms with van der Waals surface area (Å²) < 4.78 is 0. The van der Waals surface area contributed by atoms with E-state index in [-0.39, 0.29) is 67.2 Å². The van der Waals surface area contributed by atoms with E-state index in [9.17, 15) is 53.4 Å². The second-order valence-corrected chi connectivity index (χ2v) is 22.3. The highest BCUT2D eigenvalue weighted by molar-refractivity contribution is 8.76. The van der Waals surface area contributed by atoms with Crippen LogP contribution in [0.5, 0.6) is 11.5 Å². The van der Waals surface area contributed by atoms with E-state index < -0.39 is 107 Å². The summed E-state index contributed by atoms with van der Waals surface area (Å²) >= 11 is 6.08. The van der Waals surface area contributed by atoms with Crippen molar-refractivity contribution in [1.82, 2.24) is 37.2 Å². The van der Waals surface area contributed by atoms with Crippen LogP contribution in [0.1, 0.15) is 65.7 Å². The summed E-state index contributed by atoms with van der Waals surface area (Å²) in [5, 5.41) is 39.3. The Labute approximate surface area is 470 Å². The number of aromatic hydroxyl groups is 2. The number of primary amides is 2. The minimum atomic E-state index is -1.46. The molecule has 8 atom stereocenters. The van der Waals surface area contributed by atoms with Crippen molar-refractivity contribution in [2.75, 3.05) is 18.1 Å². The molecule has 1 saturated heterocycles. The van der Waals surface area contributed by atoms with E-state index in [1.165, 1.54) is 72.8 Å². The van der Waals surface area contributed by atoms with Gasteiger partial charge < -0.3 is 70.4 Å². The zero-order valence-corrected chi connectivity index (χ0v) is 46.0. The molecule has 1 heterocycles. The highest BCUT2D eigenvalue weighted by Gasteiger charge is 2.36. The molecular weight excluding hydrogens is 1080 g/mol. The van der Waals surface area contributed by atoms with Gasteiger partial charge in [-0.3, -0.25) is 43.2 Å². The number of unbranched alkanes of at least 4 members (excludes halogenated alkanes) is 1. The van der Waals surface area contributed by atoms with Gasteiger partial charge in [0.05, 0.1) is 6.04 Å². The van der Waals surface area contributed by atoms with Crippen LogP contribution in [0.25, 0.3) is 0 Å². The molecule has 9 amide bonds. The van der Waals surface area contributed by atoms with E-state index >= 15 is 0 Å². The van der Waals surface area contributed by atoms with Crippen molar-refractivity contribution in [2.24, 2.45) is 28.9 Å². The normalized spacial score (nSPS) is 20.7. The van der Waals surface area contributed by atoms with Gasteiger partial charge in [0.1, 0.15) is 53.8 Å². The van der Waals surface area contributed by atoms with Gasteiger partial charge in [0, 0.05) is 41.4 Å². The number of nitrogens with one attached hydrogen (secondary N) is 7. The monoisotopic (exact) mass is 1150 g/mol. The third kappa shape index (κ3) is 20.1. The van der Waals surface area contributed by atoms with Gasteiger partial charge in [-0.25, -0.2) is 0 Å².